The van der Waals surface area contributed by atoms with Crippen LogP contribution in [0.5, 0.6) is 0 Å². The average molecular weight is 272 g/mol. The van der Waals surface area contributed by atoms with Gasteiger partial charge in [0, 0.05) is 22.6 Å². The summed E-state index contributed by atoms with van der Waals surface area (Å²) in [6.45, 7) is 1.97. The highest BCUT2D eigenvalue weighted by Gasteiger charge is 2.09. The van der Waals surface area contributed by atoms with E-state index in [2.05, 4.69) is 0 Å². The number of rotatable bonds is 5. The third-order valence-corrected chi connectivity index (χ3v) is 4.22. The smallest absolute Gasteiger partial charge is 0.163 e. The van der Waals surface area contributed by atoms with Crippen molar-refractivity contribution in [3.8, 4) is 0 Å². The third kappa shape index (κ3) is 3.86. The molecule has 0 amide bonds. The molecule has 0 aliphatic heterocycles. The lowest BCUT2D eigenvalue weighted by Gasteiger charge is -2.03. The molecule has 0 bridgehead atoms. The Bertz CT molecular complexity index is 591. The van der Waals surface area contributed by atoms with Crippen LogP contribution in [0.3, 0.4) is 0 Å². The second kappa shape index (κ2) is 6.43. The summed E-state index contributed by atoms with van der Waals surface area (Å²) in [6.07, 6.45) is 0.310. The standard InChI is InChI=1S/C16H16O2S/c1-13-6-5-9-15(12-13)19(18)11-10-16(17)14-7-3-2-4-8-14/h2-9,12H,10-11H2,1H3. The maximum absolute atomic E-state index is 12.1. The van der Waals surface area contributed by atoms with Crippen molar-refractivity contribution in [2.24, 2.45) is 0 Å². The molecule has 19 heavy (non-hydrogen) atoms. The summed E-state index contributed by atoms with van der Waals surface area (Å²) in [4.78, 5) is 12.7. The Balaban J connectivity index is 1.96. The van der Waals surface area contributed by atoms with E-state index in [4.69, 9.17) is 0 Å². The van der Waals surface area contributed by atoms with E-state index >= 15 is 0 Å². The molecule has 0 N–H and O–H groups in total. The minimum atomic E-state index is -1.11. The van der Waals surface area contributed by atoms with E-state index in [9.17, 15) is 9.00 Å². The van der Waals surface area contributed by atoms with Gasteiger partial charge in [0.1, 0.15) is 0 Å². The van der Waals surface area contributed by atoms with E-state index in [-0.39, 0.29) is 5.78 Å². The van der Waals surface area contributed by atoms with Crippen molar-refractivity contribution >= 4 is 16.6 Å². The Morgan fingerprint density at radius 3 is 2.47 bits per heavy atom. The Hall–Kier alpha value is -1.74. The quantitative estimate of drug-likeness (QED) is 0.782. The van der Waals surface area contributed by atoms with Crippen LogP contribution in [0.2, 0.25) is 0 Å². The summed E-state index contributed by atoms with van der Waals surface area (Å²) in [6, 6.07) is 16.7. The largest absolute Gasteiger partial charge is 0.294 e. The van der Waals surface area contributed by atoms with Gasteiger partial charge in [0.15, 0.2) is 5.78 Å². The lowest BCUT2D eigenvalue weighted by Crippen LogP contribution is -2.06. The minimum absolute atomic E-state index is 0.0432. The van der Waals surface area contributed by atoms with Crippen LogP contribution in [0.15, 0.2) is 59.5 Å². The molecule has 1 unspecified atom stereocenters. The molecule has 98 valence electrons. The molecule has 1 atom stereocenters. The summed E-state index contributed by atoms with van der Waals surface area (Å²) in [5.41, 5.74) is 1.77. The van der Waals surface area contributed by atoms with Gasteiger partial charge < -0.3 is 0 Å². The summed E-state index contributed by atoms with van der Waals surface area (Å²) in [7, 11) is -1.11. The second-order valence-corrected chi connectivity index (χ2v) is 5.98. The van der Waals surface area contributed by atoms with Gasteiger partial charge in [0.05, 0.1) is 10.8 Å². The molecule has 0 aliphatic carbocycles. The molecule has 2 aromatic carbocycles. The molecule has 0 fully saturated rings. The molecule has 3 heteroatoms. The van der Waals surface area contributed by atoms with Gasteiger partial charge in [-0.3, -0.25) is 9.00 Å². The summed E-state index contributed by atoms with van der Waals surface area (Å²) in [5, 5.41) is 0. The normalized spacial score (nSPS) is 12.1. The number of carbonyl (C=O) groups is 1. The topological polar surface area (TPSA) is 34.1 Å². The number of ketones is 1. The molecule has 0 aliphatic rings. The fraction of sp³-hybridized carbons (Fsp3) is 0.188. The van der Waals surface area contributed by atoms with Gasteiger partial charge in [-0.2, -0.15) is 0 Å². The van der Waals surface area contributed by atoms with Crippen molar-refractivity contribution < 1.29 is 9.00 Å². The molecule has 2 rings (SSSR count). The van der Waals surface area contributed by atoms with Crippen LogP contribution < -0.4 is 0 Å². The summed E-state index contributed by atoms with van der Waals surface area (Å²) < 4.78 is 12.1. The maximum Gasteiger partial charge on any atom is 0.163 e. The van der Waals surface area contributed by atoms with Crippen LogP contribution in [-0.2, 0) is 10.8 Å². The number of hydrogen-bond donors (Lipinski definition) is 0. The lowest BCUT2D eigenvalue weighted by atomic mass is 10.1. The van der Waals surface area contributed by atoms with Crippen LogP contribution in [0.25, 0.3) is 0 Å². The predicted molar refractivity (Wildman–Crippen MR) is 77.8 cm³/mol. The molecule has 0 aromatic heterocycles. The molecular formula is C16H16O2S. The van der Waals surface area contributed by atoms with Crippen molar-refractivity contribution in [1.82, 2.24) is 0 Å². The van der Waals surface area contributed by atoms with E-state index in [0.29, 0.717) is 17.7 Å². The van der Waals surface area contributed by atoms with E-state index < -0.39 is 10.8 Å². The van der Waals surface area contributed by atoms with Crippen LogP contribution in [-0.4, -0.2) is 15.7 Å². The first-order valence-corrected chi connectivity index (χ1v) is 7.52. The number of Topliss-reactive ketones (excluding diaryl/α,β-unsaturated/α-hetero) is 1. The molecule has 0 spiro atoms. The van der Waals surface area contributed by atoms with E-state index in [0.717, 1.165) is 10.5 Å². The Morgan fingerprint density at radius 2 is 1.79 bits per heavy atom. The second-order valence-electron chi connectivity index (χ2n) is 4.41. The third-order valence-electron chi connectivity index (χ3n) is 2.86. The molecule has 0 saturated carbocycles. The average Bonchev–Trinajstić information content (AvgIpc) is 2.45. The van der Waals surface area contributed by atoms with Crippen molar-refractivity contribution in [3.63, 3.8) is 0 Å². The molecule has 0 radical (unpaired) electrons. The van der Waals surface area contributed by atoms with E-state index in [1.807, 2.05) is 49.4 Å². The Labute approximate surface area is 115 Å². The molecule has 2 aromatic rings. The lowest BCUT2D eigenvalue weighted by molar-refractivity contribution is 0.0989. The van der Waals surface area contributed by atoms with Gasteiger partial charge in [-0.1, -0.05) is 42.5 Å². The Kier molecular flexibility index (Phi) is 4.63. The molecular weight excluding hydrogens is 256 g/mol. The van der Waals surface area contributed by atoms with Gasteiger partial charge in [-0.05, 0) is 24.6 Å². The van der Waals surface area contributed by atoms with Crippen LogP contribution in [0.1, 0.15) is 22.3 Å². The summed E-state index contributed by atoms with van der Waals surface area (Å²) >= 11 is 0. The number of benzene rings is 2. The van der Waals surface area contributed by atoms with E-state index in [1.165, 1.54) is 0 Å². The molecule has 0 saturated heterocycles. The monoisotopic (exact) mass is 272 g/mol. The maximum atomic E-state index is 12.1. The van der Waals surface area contributed by atoms with Crippen molar-refractivity contribution in [2.75, 3.05) is 5.75 Å². The van der Waals surface area contributed by atoms with Crippen molar-refractivity contribution in [2.45, 2.75) is 18.2 Å². The van der Waals surface area contributed by atoms with Gasteiger partial charge in [0.25, 0.3) is 0 Å². The number of carbonyl (C=O) groups excluding carboxylic acids is 1. The van der Waals surface area contributed by atoms with Gasteiger partial charge in [-0.15, -0.1) is 0 Å². The van der Waals surface area contributed by atoms with Crippen molar-refractivity contribution in [3.05, 3.63) is 65.7 Å². The van der Waals surface area contributed by atoms with Crippen LogP contribution in [0, 0.1) is 6.92 Å². The van der Waals surface area contributed by atoms with Gasteiger partial charge in [0.2, 0.25) is 0 Å². The first kappa shape index (κ1) is 13.7. The highest BCUT2D eigenvalue weighted by atomic mass is 32.2. The van der Waals surface area contributed by atoms with Gasteiger partial charge in [-0.25, -0.2) is 0 Å². The minimum Gasteiger partial charge on any atom is -0.294 e. The highest BCUT2D eigenvalue weighted by molar-refractivity contribution is 7.85. The zero-order valence-corrected chi connectivity index (χ0v) is 11.7. The predicted octanol–water partition coefficient (Wildman–Crippen LogP) is 3.38. The van der Waals surface area contributed by atoms with Crippen molar-refractivity contribution in [1.29, 1.82) is 0 Å². The SMILES string of the molecule is Cc1cccc(S(=O)CCC(=O)c2ccccc2)c1. The van der Waals surface area contributed by atoms with E-state index in [1.54, 1.807) is 12.1 Å². The first-order valence-electron chi connectivity index (χ1n) is 6.20. The zero-order chi connectivity index (χ0) is 13.7. The fourth-order valence-corrected chi connectivity index (χ4v) is 2.98. The first-order chi connectivity index (χ1) is 9.16. The summed E-state index contributed by atoms with van der Waals surface area (Å²) in [5.74, 6) is 0.415. The zero-order valence-electron chi connectivity index (χ0n) is 10.8. The number of hydrogen-bond acceptors (Lipinski definition) is 2. The number of aryl methyl sites for hydroxylation is 1. The molecule has 0 heterocycles. The van der Waals surface area contributed by atoms with Crippen LogP contribution >= 0.6 is 0 Å². The van der Waals surface area contributed by atoms with Crippen LogP contribution in [0.4, 0.5) is 0 Å². The van der Waals surface area contributed by atoms with Gasteiger partial charge >= 0.3 is 0 Å². The fourth-order valence-electron chi connectivity index (χ4n) is 1.83. The Morgan fingerprint density at radius 1 is 1.05 bits per heavy atom. The highest BCUT2D eigenvalue weighted by Crippen LogP contribution is 2.11. The molecule has 2 nitrogen and oxygen atoms in total.